The minimum absolute atomic E-state index is 0.0462. The van der Waals surface area contributed by atoms with Gasteiger partial charge in [-0.2, -0.15) is 0 Å². The molecule has 0 aliphatic heterocycles. The number of nitrogens with one attached hydrogen (secondary N) is 2. The number of rotatable bonds is 12. The first-order valence-electron chi connectivity index (χ1n) is 6.92. The van der Waals surface area contributed by atoms with E-state index >= 15 is 0 Å². The Morgan fingerprint density at radius 1 is 1.00 bits per heavy atom. The van der Waals surface area contributed by atoms with Gasteiger partial charge in [0.15, 0.2) is 0 Å². The molecule has 0 bridgehead atoms. The van der Waals surface area contributed by atoms with Crippen molar-refractivity contribution >= 4 is 22.9 Å². The quantitative estimate of drug-likeness (QED) is 0.513. The van der Waals surface area contributed by atoms with Crippen LogP contribution in [-0.2, 0) is 19.0 Å². The molecule has 124 valence electrons. The monoisotopic (exact) mass is 322 g/mol. The van der Waals surface area contributed by atoms with Gasteiger partial charge in [0.05, 0.1) is 32.5 Å². The lowest BCUT2D eigenvalue weighted by atomic mass is 10.5. The minimum atomic E-state index is -0.145. The summed E-state index contributed by atoms with van der Waals surface area (Å²) in [6, 6.07) is 0. The molecule has 0 atom stereocenters. The van der Waals surface area contributed by atoms with Crippen molar-refractivity contribution in [3.63, 3.8) is 0 Å². The van der Waals surface area contributed by atoms with Gasteiger partial charge in [0, 0.05) is 13.1 Å². The molecule has 0 spiro atoms. The highest BCUT2D eigenvalue weighted by atomic mass is 32.2. The van der Waals surface area contributed by atoms with Crippen LogP contribution in [0.3, 0.4) is 0 Å². The van der Waals surface area contributed by atoms with Crippen LogP contribution in [0.15, 0.2) is 0 Å². The zero-order valence-electron chi connectivity index (χ0n) is 13.0. The molecule has 2 N–H and O–H groups in total. The molecule has 7 nitrogen and oxygen atoms in total. The standard InChI is InChI=1S/C13H26N2O5S/c1-11(2)20-10-12(16)14-4-6-18-8-9-19-7-5-15-13(17)21-3/h11H,4-10H2,1-3H3,(H,14,16)(H,15,17). The zero-order valence-corrected chi connectivity index (χ0v) is 13.8. The minimum Gasteiger partial charge on any atom is -0.377 e. The van der Waals surface area contributed by atoms with Crippen molar-refractivity contribution in [1.29, 1.82) is 0 Å². The number of hydrogen-bond donors (Lipinski definition) is 2. The fourth-order valence-electron chi connectivity index (χ4n) is 1.18. The maximum absolute atomic E-state index is 11.3. The molecule has 8 heteroatoms. The number of carbonyl (C=O) groups is 2. The summed E-state index contributed by atoms with van der Waals surface area (Å²) >= 11 is 1.14. The highest BCUT2D eigenvalue weighted by Gasteiger charge is 2.02. The predicted molar refractivity (Wildman–Crippen MR) is 82.6 cm³/mol. The first kappa shape index (κ1) is 20.2. The molecular weight excluding hydrogens is 296 g/mol. The van der Waals surface area contributed by atoms with E-state index in [0.29, 0.717) is 39.5 Å². The molecule has 0 aliphatic rings. The molecule has 2 amide bonds. The summed E-state index contributed by atoms with van der Waals surface area (Å²) in [7, 11) is 0. The Morgan fingerprint density at radius 2 is 1.57 bits per heavy atom. The molecular formula is C13H26N2O5S. The molecule has 21 heavy (non-hydrogen) atoms. The van der Waals surface area contributed by atoms with E-state index in [-0.39, 0.29) is 23.9 Å². The molecule has 0 aliphatic carbocycles. The van der Waals surface area contributed by atoms with E-state index in [1.165, 1.54) is 0 Å². The van der Waals surface area contributed by atoms with Crippen LogP contribution in [0.5, 0.6) is 0 Å². The van der Waals surface area contributed by atoms with Crippen LogP contribution in [0.2, 0.25) is 0 Å². The third-order valence-electron chi connectivity index (χ3n) is 2.19. The molecule has 0 fully saturated rings. The van der Waals surface area contributed by atoms with Crippen molar-refractivity contribution in [1.82, 2.24) is 10.6 Å². The molecule has 0 aromatic rings. The Balaban J connectivity index is 3.18. The molecule has 0 saturated heterocycles. The van der Waals surface area contributed by atoms with Crippen molar-refractivity contribution in [3.05, 3.63) is 0 Å². The van der Waals surface area contributed by atoms with E-state index in [1.54, 1.807) is 6.26 Å². The van der Waals surface area contributed by atoms with E-state index in [1.807, 2.05) is 13.8 Å². The van der Waals surface area contributed by atoms with Gasteiger partial charge in [-0.1, -0.05) is 11.8 Å². The Labute approximate surface area is 130 Å². The van der Waals surface area contributed by atoms with Crippen molar-refractivity contribution in [3.8, 4) is 0 Å². The largest absolute Gasteiger partial charge is 0.377 e. The highest BCUT2D eigenvalue weighted by molar-refractivity contribution is 8.12. The number of hydrogen-bond acceptors (Lipinski definition) is 6. The summed E-state index contributed by atoms with van der Waals surface area (Å²) in [4.78, 5) is 22.2. The van der Waals surface area contributed by atoms with Gasteiger partial charge in [-0.3, -0.25) is 9.59 Å². The van der Waals surface area contributed by atoms with Crippen molar-refractivity contribution in [2.75, 3.05) is 52.4 Å². The zero-order chi connectivity index (χ0) is 15.9. The second kappa shape index (κ2) is 14.1. The Hall–Kier alpha value is -0.830. The van der Waals surface area contributed by atoms with E-state index in [2.05, 4.69) is 10.6 Å². The van der Waals surface area contributed by atoms with Crippen LogP contribution in [0, 0.1) is 0 Å². The number of thioether (sulfide) groups is 1. The SMILES string of the molecule is CSC(=O)NCCOCCOCCNC(=O)COC(C)C. The summed E-state index contributed by atoms with van der Waals surface area (Å²) in [5.41, 5.74) is 0. The molecule has 0 radical (unpaired) electrons. The second-order valence-corrected chi connectivity index (χ2v) is 5.13. The maximum atomic E-state index is 11.3. The Bertz CT molecular complexity index is 290. The van der Waals surface area contributed by atoms with Gasteiger partial charge in [-0.05, 0) is 20.1 Å². The van der Waals surface area contributed by atoms with Crippen molar-refractivity contribution in [2.45, 2.75) is 20.0 Å². The predicted octanol–water partition coefficient (Wildman–Crippen LogP) is 0.633. The smallest absolute Gasteiger partial charge is 0.278 e. The maximum Gasteiger partial charge on any atom is 0.278 e. The summed E-state index contributed by atoms with van der Waals surface area (Å²) in [6.07, 6.45) is 1.77. The fourth-order valence-corrected chi connectivity index (χ4v) is 1.42. The average Bonchev–Trinajstić information content (AvgIpc) is 2.46. The third kappa shape index (κ3) is 15.4. The first-order chi connectivity index (χ1) is 10.1. The van der Waals surface area contributed by atoms with Crippen molar-refractivity contribution in [2.24, 2.45) is 0 Å². The normalized spacial score (nSPS) is 10.7. The van der Waals surface area contributed by atoms with Crippen LogP contribution in [0.4, 0.5) is 4.79 Å². The Morgan fingerprint density at radius 3 is 2.10 bits per heavy atom. The van der Waals surface area contributed by atoms with E-state index < -0.39 is 0 Å². The molecule has 0 aromatic heterocycles. The molecule has 0 saturated carbocycles. The van der Waals surface area contributed by atoms with Crippen LogP contribution < -0.4 is 10.6 Å². The summed E-state index contributed by atoms with van der Waals surface area (Å²) < 4.78 is 15.7. The third-order valence-corrected chi connectivity index (χ3v) is 2.70. The van der Waals surface area contributed by atoms with E-state index in [0.717, 1.165) is 11.8 Å². The van der Waals surface area contributed by atoms with Crippen LogP contribution in [0.25, 0.3) is 0 Å². The van der Waals surface area contributed by atoms with E-state index in [9.17, 15) is 9.59 Å². The summed E-state index contributed by atoms with van der Waals surface area (Å²) in [6.45, 7) is 6.57. The topological polar surface area (TPSA) is 85.9 Å². The summed E-state index contributed by atoms with van der Waals surface area (Å²) in [5.74, 6) is -0.145. The van der Waals surface area contributed by atoms with Gasteiger partial charge in [-0.25, -0.2) is 0 Å². The van der Waals surface area contributed by atoms with Gasteiger partial charge in [0.2, 0.25) is 5.91 Å². The molecule has 0 heterocycles. The number of amides is 2. The molecule has 0 rings (SSSR count). The lowest BCUT2D eigenvalue weighted by molar-refractivity contribution is -0.127. The first-order valence-corrected chi connectivity index (χ1v) is 8.14. The van der Waals surface area contributed by atoms with Crippen LogP contribution in [0.1, 0.15) is 13.8 Å². The fraction of sp³-hybridized carbons (Fsp3) is 0.846. The highest BCUT2D eigenvalue weighted by Crippen LogP contribution is 1.91. The van der Waals surface area contributed by atoms with Gasteiger partial charge in [0.25, 0.3) is 5.24 Å². The lowest BCUT2D eigenvalue weighted by Gasteiger charge is -2.09. The van der Waals surface area contributed by atoms with Gasteiger partial charge in [0.1, 0.15) is 6.61 Å². The van der Waals surface area contributed by atoms with Crippen LogP contribution in [-0.4, -0.2) is 69.6 Å². The Kier molecular flexibility index (Phi) is 13.6. The number of carbonyl (C=O) groups excluding carboxylic acids is 2. The number of ether oxygens (including phenoxy) is 3. The summed E-state index contributed by atoms with van der Waals surface area (Å²) in [5, 5.41) is 5.30. The molecule has 0 unspecified atom stereocenters. The van der Waals surface area contributed by atoms with Gasteiger partial charge in [-0.15, -0.1) is 0 Å². The molecule has 0 aromatic carbocycles. The van der Waals surface area contributed by atoms with Crippen LogP contribution >= 0.6 is 11.8 Å². The second-order valence-electron chi connectivity index (χ2n) is 4.35. The van der Waals surface area contributed by atoms with Gasteiger partial charge >= 0.3 is 0 Å². The van der Waals surface area contributed by atoms with E-state index in [4.69, 9.17) is 14.2 Å². The van der Waals surface area contributed by atoms with Gasteiger partial charge < -0.3 is 24.8 Å². The average molecular weight is 322 g/mol. The lowest BCUT2D eigenvalue weighted by Crippen LogP contribution is -2.31. The van der Waals surface area contributed by atoms with Crippen molar-refractivity contribution < 1.29 is 23.8 Å².